The maximum atomic E-state index is 12.3. The SMILES string of the molecule is O=C(Nc1ccc(Cn2cccn2)cc1)c1cccc(CCl)c1. The number of benzene rings is 2. The zero-order valence-electron chi connectivity index (χ0n) is 12.4. The number of nitrogens with one attached hydrogen (secondary N) is 1. The largest absolute Gasteiger partial charge is 0.322 e. The lowest BCUT2D eigenvalue weighted by molar-refractivity contribution is 0.102. The summed E-state index contributed by atoms with van der Waals surface area (Å²) in [5.41, 5.74) is 3.41. The highest BCUT2D eigenvalue weighted by Crippen LogP contribution is 2.14. The summed E-state index contributed by atoms with van der Waals surface area (Å²) in [6.07, 6.45) is 3.67. The number of nitrogens with zero attached hydrogens (tertiary/aromatic N) is 2. The maximum Gasteiger partial charge on any atom is 0.255 e. The summed E-state index contributed by atoms with van der Waals surface area (Å²) < 4.78 is 1.85. The van der Waals surface area contributed by atoms with Crippen molar-refractivity contribution in [1.29, 1.82) is 0 Å². The Morgan fingerprint density at radius 3 is 2.61 bits per heavy atom. The van der Waals surface area contributed by atoms with Crippen LogP contribution in [0.5, 0.6) is 0 Å². The monoisotopic (exact) mass is 325 g/mol. The summed E-state index contributed by atoms with van der Waals surface area (Å²) in [5.74, 6) is 0.250. The molecule has 1 N–H and O–H groups in total. The number of anilines is 1. The van der Waals surface area contributed by atoms with E-state index in [1.165, 1.54) is 0 Å². The van der Waals surface area contributed by atoms with Crippen molar-refractivity contribution in [2.45, 2.75) is 12.4 Å². The molecule has 0 fully saturated rings. The quantitative estimate of drug-likeness (QED) is 0.723. The van der Waals surface area contributed by atoms with Gasteiger partial charge in [-0.1, -0.05) is 24.3 Å². The number of carbonyl (C=O) groups is 1. The number of hydrogen-bond acceptors (Lipinski definition) is 2. The van der Waals surface area contributed by atoms with E-state index in [0.717, 1.165) is 16.8 Å². The molecule has 0 spiro atoms. The lowest BCUT2D eigenvalue weighted by Gasteiger charge is -2.08. The summed E-state index contributed by atoms with van der Waals surface area (Å²) in [7, 11) is 0. The van der Waals surface area contributed by atoms with Crippen LogP contribution in [0, 0.1) is 0 Å². The fourth-order valence-electron chi connectivity index (χ4n) is 2.27. The minimum atomic E-state index is -0.142. The van der Waals surface area contributed by atoms with Crippen molar-refractivity contribution in [3.63, 3.8) is 0 Å². The molecule has 0 atom stereocenters. The van der Waals surface area contributed by atoms with Crippen LogP contribution in [0.15, 0.2) is 67.0 Å². The van der Waals surface area contributed by atoms with E-state index in [2.05, 4.69) is 10.4 Å². The molecule has 1 amide bonds. The molecule has 0 radical (unpaired) electrons. The van der Waals surface area contributed by atoms with Crippen LogP contribution < -0.4 is 5.32 Å². The third-order valence-corrected chi connectivity index (χ3v) is 3.77. The molecule has 3 rings (SSSR count). The zero-order valence-corrected chi connectivity index (χ0v) is 13.2. The number of carbonyl (C=O) groups excluding carboxylic acids is 1. The first kappa shape index (κ1) is 15.3. The third-order valence-electron chi connectivity index (χ3n) is 3.46. The fraction of sp³-hybridized carbons (Fsp3) is 0.111. The van der Waals surface area contributed by atoms with E-state index in [1.807, 2.05) is 53.3 Å². The van der Waals surface area contributed by atoms with E-state index in [-0.39, 0.29) is 5.91 Å². The first-order chi connectivity index (χ1) is 11.2. The number of hydrogen-bond donors (Lipinski definition) is 1. The normalized spacial score (nSPS) is 10.5. The lowest BCUT2D eigenvalue weighted by atomic mass is 10.1. The van der Waals surface area contributed by atoms with Gasteiger partial charge in [-0.15, -0.1) is 11.6 Å². The van der Waals surface area contributed by atoms with Crippen LogP contribution in [0.2, 0.25) is 0 Å². The van der Waals surface area contributed by atoms with Crippen molar-refractivity contribution in [2.75, 3.05) is 5.32 Å². The maximum absolute atomic E-state index is 12.3. The highest BCUT2D eigenvalue weighted by atomic mass is 35.5. The van der Waals surface area contributed by atoms with E-state index in [0.29, 0.717) is 18.0 Å². The Labute approximate surface area is 139 Å². The van der Waals surface area contributed by atoms with Gasteiger partial charge in [-0.05, 0) is 41.5 Å². The van der Waals surface area contributed by atoms with Gasteiger partial charge in [0.1, 0.15) is 0 Å². The van der Waals surface area contributed by atoms with Crippen molar-refractivity contribution in [3.05, 3.63) is 83.7 Å². The minimum Gasteiger partial charge on any atom is -0.322 e. The van der Waals surface area contributed by atoms with Crippen molar-refractivity contribution in [3.8, 4) is 0 Å². The zero-order chi connectivity index (χ0) is 16.1. The summed E-state index contributed by atoms with van der Waals surface area (Å²) in [6, 6.07) is 16.9. The lowest BCUT2D eigenvalue weighted by Crippen LogP contribution is -2.12. The summed E-state index contributed by atoms with van der Waals surface area (Å²) in [5, 5.41) is 7.07. The second-order valence-corrected chi connectivity index (χ2v) is 5.46. The molecule has 0 saturated heterocycles. The van der Waals surface area contributed by atoms with Crippen LogP contribution >= 0.6 is 11.6 Å². The molecule has 0 bridgehead atoms. The van der Waals surface area contributed by atoms with Crippen LogP contribution in [0.4, 0.5) is 5.69 Å². The highest BCUT2D eigenvalue weighted by molar-refractivity contribution is 6.17. The topological polar surface area (TPSA) is 46.9 Å². The summed E-state index contributed by atoms with van der Waals surface area (Å²) in [4.78, 5) is 12.3. The average molecular weight is 326 g/mol. The average Bonchev–Trinajstić information content (AvgIpc) is 3.09. The van der Waals surface area contributed by atoms with E-state index in [9.17, 15) is 4.79 Å². The molecule has 23 heavy (non-hydrogen) atoms. The summed E-state index contributed by atoms with van der Waals surface area (Å²) >= 11 is 5.80. The smallest absolute Gasteiger partial charge is 0.255 e. The molecule has 1 aromatic heterocycles. The van der Waals surface area contributed by atoms with E-state index < -0.39 is 0 Å². The van der Waals surface area contributed by atoms with E-state index >= 15 is 0 Å². The van der Waals surface area contributed by atoms with Crippen LogP contribution in [0.1, 0.15) is 21.5 Å². The minimum absolute atomic E-state index is 0.142. The molecule has 0 aliphatic rings. The Morgan fingerprint density at radius 1 is 1.09 bits per heavy atom. The molecule has 2 aromatic carbocycles. The number of halogens is 1. The first-order valence-electron chi connectivity index (χ1n) is 7.27. The molecule has 1 heterocycles. The molecule has 3 aromatic rings. The number of alkyl halides is 1. The first-order valence-corrected chi connectivity index (χ1v) is 7.81. The summed E-state index contributed by atoms with van der Waals surface area (Å²) in [6.45, 7) is 0.707. The van der Waals surface area contributed by atoms with Crippen molar-refractivity contribution in [1.82, 2.24) is 9.78 Å². The van der Waals surface area contributed by atoms with E-state index in [4.69, 9.17) is 11.6 Å². The van der Waals surface area contributed by atoms with Gasteiger partial charge in [-0.2, -0.15) is 5.10 Å². The standard InChI is InChI=1S/C18H16ClN3O/c19-12-15-3-1-4-16(11-15)18(23)21-17-7-5-14(6-8-17)13-22-10-2-9-20-22/h1-11H,12-13H2,(H,21,23). The predicted octanol–water partition coefficient (Wildman–Crippen LogP) is 3.92. The molecule has 4 nitrogen and oxygen atoms in total. The van der Waals surface area contributed by atoms with Crippen LogP contribution in [0.25, 0.3) is 0 Å². The van der Waals surface area contributed by atoms with Gasteiger partial charge >= 0.3 is 0 Å². The molecular formula is C18H16ClN3O. The number of aromatic nitrogens is 2. The van der Waals surface area contributed by atoms with Gasteiger partial charge in [0.2, 0.25) is 0 Å². The van der Waals surface area contributed by atoms with Gasteiger partial charge in [-0.25, -0.2) is 0 Å². The Hall–Kier alpha value is -2.59. The van der Waals surface area contributed by atoms with Crippen LogP contribution in [0.3, 0.4) is 0 Å². The second kappa shape index (κ2) is 7.11. The van der Waals surface area contributed by atoms with Gasteiger partial charge in [0, 0.05) is 29.5 Å². The van der Waals surface area contributed by atoms with Crippen molar-refractivity contribution in [2.24, 2.45) is 0 Å². The Balaban J connectivity index is 1.66. The van der Waals surface area contributed by atoms with Crippen LogP contribution in [-0.2, 0) is 12.4 Å². The fourth-order valence-corrected chi connectivity index (χ4v) is 2.44. The Kier molecular flexibility index (Phi) is 4.74. The Morgan fingerprint density at radius 2 is 1.91 bits per heavy atom. The highest BCUT2D eigenvalue weighted by Gasteiger charge is 2.06. The predicted molar refractivity (Wildman–Crippen MR) is 91.7 cm³/mol. The molecule has 116 valence electrons. The molecular weight excluding hydrogens is 310 g/mol. The van der Waals surface area contributed by atoms with Crippen molar-refractivity contribution >= 4 is 23.2 Å². The molecule has 0 aliphatic carbocycles. The Bertz CT molecular complexity index is 782. The van der Waals surface area contributed by atoms with Gasteiger partial charge in [0.05, 0.1) is 6.54 Å². The van der Waals surface area contributed by atoms with Crippen molar-refractivity contribution < 1.29 is 4.79 Å². The van der Waals surface area contributed by atoms with Crippen LogP contribution in [-0.4, -0.2) is 15.7 Å². The molecule has 0 saturated carbocycles. The number of amides is 1. The van der Waals surface area contributed by atoms with Gasteiger partial charge in [-0.3, -0.25) is 9.48 Å². The number of rotatable bonds is 5. The third kappa shape index (κ3) is 3.99. The molecule has 5 heteroatoms. The molecule has 0 unspecified atom stereocenters. The van der Waals surface area contributed by atoms with Gasteiger partial charge < -0.3 is 5.32 Å². The van der Waals surface area contributed by atoms with Gasteiger partial charge in [0.25, 0.3) is 5.91 Å². The second-order valence-electron chi connectivity index (χ2n) is 5.19. The van der Waals surface area contributed by atoms with Gasteiger partial charge in [0.15, 0.2) is 0 Å². The van der Waals surface area contributed by atoms with E-state index in [1.54, 1.807) is 18.3 Å². The molecule has 0 aliphatic heterocycles.